The highest BCUT2D eigenvalue weighted by Crippen LogP contribution is 2.26. The second-order valence-electron chi connectivity index (χ2n) is 4.21. The first-order valence-corrected chi connectivity index (χ1v) is 4.37. The minimum absolute atomic E-state index is 0.121. The van der Waals surface area contributed by atoms with Crippen molar-refractivity contribution in [2.75, 3.05) is 0 Å². The number of hydrogen-bond donors (Lipinski definition) is 1. The van der Waals surface area contributed by atoms with Crippen LogP contribution < -0.4 is 0 Å². The van der Waals surface area contributed by atoms with E-state index in [2.05, 4.69) is 35.7 Å². The summed E-state index contributed by atoms with van der Waals surface area (Å²) in [5.41, 5.74) is 3.21. The average Bonchev–Trinajstić information content (AvgIpc) is 2.48. The Morgan fingerprint density at radius 2 is 2.00 bits per heavy atom. The summed E-state index contributed by atoms with van der Waals surface area (Å²) in [6, 6.07) is 2.03. The molecule has 0 aliphatic heterocycles. The molecule has 0 bridgehead atoms. The maximum Gasteiger partial charge on any atom is 0.157 e. The highest BCUT2D eigenvalue weighted by atomic mass is 14.9. The summed E-state index contributed by atoms with van der Waals surface area (Å²) in [6.45, 7) is 6.53. The van der Waals surface area contributed by atoms with Crippen LogP contribution in [-0.4, -0.2) is 15.0 Å². The van der Waals surface area contributed by atoms with E-state index < -0.39 is 0 Å². The summed E-state index contributed by atoms with van der Waals surface area (Å²) >= 11 is 0. The molecule has 2 rings (SSSR count). The van der Waals surface area contributed by atoms with E-state index in [1.54, 1.807) is 6.33 Å². The van der Waals surface area contributed by atoms with Crippen molar-refractivity contribution in [1.82, 2.24) is 15.0 Å². The van der Waals surface area contributed by atoms with E-state index in [1.807, 2.05) is 12.3 Å². The van der Waals surface area contributed by atoms with Crippen LogP contribution in [0.1, 0.15) is 26.3 Å². The summed E-state index contributed by atoms with van der Waals surface area (Å²) < 4.78 is 0. The molecule has 0 fully saturated rings. The number of nitrogens with zero attached hydrogens (tertiary/aromatic N) is 2. The standard InChI is InChI=1S/C10H13N3/c1-10(2,3)7-4-5-11-9-8(7)12-6-13-9/h4-6H,1-3H3,(H,11,12,13). The Bertz CT molecular complexity index is 423. The zero-order valence-corrected chi connectivity index (χ0v) is 8.13. The van der Waals surface area contributed by atoms with Gasteiger partial charge in [0.05, 0.1) is 6.33 Å². The molecular formula is C10H13N3. The quantitative estimate of drug-likeness (QED) is 0.667. The lowest BCUT2D eigenvalue weighted by atomic mass is 9.87. The fourth-order valence-corrected chi connectivity index (χ4v) is 1.45. The van der Waals surface area contributed by atoms with Gasteiger partial charge in [-0.2, -0.15) is 0 Å². The van der Waals surface area contributed by atoms with Gasteiger partial charge in [-0.25, -0.2) is 9.97 Å². The molecule has 0 saturated carbocycles. The van der Waals surface area contributed by atoms with Crippen LogP contribution >= 0.6 is 0 Å². The minimum Gasteiger partial charge on any atom is -0.329 e. The molecule has 68 valence electrons. The highest BCUT2D eigenvalue weighted by molar-refractivity contribution is 5.75. The lowest BCUT2D eigenvalue weighted by Gasteiger charge is -2.18. The Balaban J connectivity index is 2.75. The van der Waals surface area contributed by atoms with Crippen LogP contribution in [0.15, 0.2) is 18.6 Å². The molecule has 3 nitrogen and oxygen atoms in total. The Morgan fingerprint density at radius 3 is 2.69 bits per heavy atom. The number of fused-ring (bicyclic) bond motifs is 1. The summed E-state index contributed by atoms with van der Waals surface area (Å²) in [7, 11) is 0. The fraction of sp³-hybridized carbons (Fsp3) is 0.400. The van der Waals surface area contributed by atoms with Gasteiger partial charge in [0.15, 0.2) is 5.65 Å². The summed E-state index contributed by atoms with van der Waals surface area (Å²) in [4.78, 5) is 11.5. The molecule has 0 saturated heterocycles. The van der Waals surface area contributed by atoms with Crippen molar-refractivity contribution in [2.45, 2.75) is 26.2 Å². The Kier molecular flexibility index (Phi) is 1.62. The monoisotopic (exact) mass is 175 g/mol. The van der Waals surface area contributed by atoms with Gasteiger partial charge in [0, 0.05) is 6.20 Å². The molecule has 0 aliphatic carbocycles. The second-order valence-corrected chi connectivity index (χ2v) is 4.21. The number of hydrogen-bond acceptors (Lipinski definition) is 2. The van der Waals surface area contributed by atoms with Crippen LogP contribution in [0.25, 0.3) is 11.2 Å². The molecule has 2 heterocycles. The maximum absolute atomic E-state index is 4.27. The molecule has 3 heteroatoms. The van der Waals surface area contributed by atoms with E-state index in [0.29, 0.717) is 0 Å². The number of imidazole rings is 1. The molecule has 0 atom stereocenters. The van der Waals surface area contributed by atoms with Gasteiger partial charge < -0.3 is 4.98 Å². The van der Waals surface area contributed by atoms with Crippen LogP contribution in [0.3, 0.4) is 0 Å². The molecule has 13 heavy (non-hydrogen) atoms. The van der Waals surface area contributed by atoms with E-state index in [0.717, 1.165) is 11.2 Å². The predicted molar refractivity (Wildman–Crippen MR) is 52.6 cm³/mol. The Labute approximate surface area is 77.2 Å². The third-order valence-corrected chi connectivity index (χ3v) is 2.13. The largest absolute Gasteiger partial charge is 0.329 e. The summed E-state index contributed by atoms with van der Waals surface area (Å²) in [6.07, 6.45) is 3.51. The first kappa shape index (κ1) is 8.23. The molecule has 2 aromatic heterocycles. The molecule has 0 aromatic carbocycles. The average molecular weight is 175 g/mol. The van der Waals surface area contributed by atoms with Crippen LogP contribution in [0.4, 0.5) is 0 Å². The zero-order chi connectivity index (χ0) is 9.47. The molecule has 0 amide bonds. The second kappa shape index (κ2) is 2.55. The lowest BCUT2D eigenvalue weighted by Crippen LogP contribution is -2.11. The van der Waals surface area contributed by atoms with Crippen molar-refractivity contribution in [2.24, 2.45) is 0 Å². The first-order valence-electron chi connectivity index (χ1n) is 4.37. The predicted octanol–water partition coefficient (Wildman–Crippen LogP) is 2.26. The van der Waals surface area contributed by atoms with Crippen molar-refractivity contribution in [3.63, 3.8) is 0 Å². The number of nitrogens with one attached hydrogen (secondary N) is 1. The molecular weight excluding hydrogens is 162 g/mol. The smallest absolute Gasteiger partial charge is 0.157 e. The lowest BCUT2D eigenvalue weighted by molar-refractivity contribution is 0.594. The van der Waals surface area contributed by atoms with Crippen molar-refractivity contribution in [3.05, 3.63) is 24.2 Å². The third-order valence-electron chi connectivity index (χ3n) is 2.13. The maximum atomic E-state index is 4.27. The normalized spacial score (nSPS) is 12.2. The zero-order valence-electron chi connectivity index (χ0n) is 8.13. The number of rotatable bonds is 0. The van der Waals surface area contributed by atoms with Gasteiger partial charge in [-0.3, -0.25) is 0 Å². The van der Waals surface area contributed by atoms with Crippen molar-refractivity contribution < 1.29 is 0 Å². The van der Waals surface area contributed by atoms with Crippen molar-refractivity contribution in [3.8, 4) is 0 Å². The van der Waals surface area contributed by atoms with Gasteiger partial charge >= 0.3 is 0 Å². The Morgan fingerprint density at radius 1 is 1.23 bits per heavy atom. The summed E-state index contributed by atoms with van der Waals surface area (Å²) in [5.74, 6) is 0. The third kappa shape index (κ3) is 1.30. The topological polar surface area (TPSA) is 41.6 Å². The molecule has 0 radical (unpaired) electrons. The molecule has 0 aliphatic rings. The molecule has 2 aromatic rings. The van der Waals surface area contributed by atoms with Crippen LogP contribution in [0.5, 0.6) is 0 Å². The first-order chi connectivity index (χ1) is 6.09. The van der Waals surface area contributed by atoms with E-state index in [9.17, 15) is 0 Å². The van der Waals surface area contributed by atoms with Crippen molar-refractivity contribution >= 4 is 11.2 Å². The number of aromatic amines is 1. The number of H-pyrrole nitrogens is 1. The fourth-order valence-electron chi connectivity index (χ4n) is 1.45. The van der Waals surface area contributed by atoms with Crippen LogP contribution in [-0.2, 0) is 5.41 Å². The van der Waals surface area contributed by atoms with Crippen LogP contribution in [0, 0.1) is 0 Å². The van der Waals surface area contributed by atoms with Gasteiger partial charge in [-0.05, 0) is 17.0 Å². The van der Waals surface area contributed by atoms with Gasteiger partial charge in [0.1, 0.15) is 5.52 Å². The number of aromatic nitrogens is 3. The van der Waals surface area contributed by atoms with E-state index in [-0.39, 0.29) is 5.41 Å². The molecule has 1 N–H and O–H groups in total. The van der Waals surface area contributed by atoms with Gasteiger partial charge in [-0.15, -0.1) is 0 Å². The SMILES string of the molecule is CC(C)(C)c1ccnc2[nH]cnc12. The van der Waals surface area contributed by atoms with Gasteiger partial charge in [0.2, 0.25) is 0 Å². The van der Waals surface area contributed by atoms with Gasteiger partial charge in [-0.1, -0.05) is 20.8 Å². The van der Waals surface area contributed by atoms with Crippen molar-refractivity contribution in [1.29, 1.82) is 0 Å². The number of pyridine rings is 1. The Hall–Kier alpha value is -1.38. The van der Waals surface area contributed by atoms with Gasteiger partial charge in [0.25, 0.3) is 0 Å². The molecule has 0 unspecified atom stereocenters. The molecule has 0 spiro atoms. The summed E-state index contributed by atoms with van der Waals surface area (Å²) in [5, 5.41) is 0. The highest BCUT2D eigenvalue weighted by Gasteiger charge is 2.17. The minimum atomic E-state index is 0.121. The van der Waals surface area contributed by atoms with E-state index >= 15 is 0 Å². The van der Waals surface area contributed by atoms with Crippen LogP contribution in [0.2, 0.25) is 0 Å². The van der Waals surface area contributed by atoms with E-state index in [1.165, 1.54) is 5.56 Å². The van der Waals surface area contributed by atoms with E-state index in [4.69, 9.17) is 0 Å².